The van der Waals surface area contributed by atoms with Gasteiger partial charge in [-0.1, -0.05) is 35.9 Å². The molecule has 1 aromatic heterocycles. The Labute approximate surface area is 191 Å². The van der Waals surface area contributed by atoms with E-state index in [-0.39, 0.29) is 12.5 Å². The van der Waals surface area contributed by atoms with E-state index < -0.39 is 0 Å². The summed E-state index contributed by atoms with van der Waals surface area (Å²) < 4.78 is 16.1. The number of amides is 1. The van der Waals surface area contributed by atoms with Gasteiger partial charge in [-0.2, -0.15) is 0 Å². The lowest BCUT2D eigenvalue weighted by molar-refractivity contribution is -0.117. The van der Waals surface area contributed by atoms with Crippen molar-refractivity contribution in [1.29, 1.82) is 0 Å². The van der Waals surface area contributed by atoms with Crippen LogP contribution in [0.1, 0.15) is 10.4 Å². The molecule has 0 atom stereocenters. The van der Waals surface area contributed by atoms with E-state index in [4.69, 9.17) is 25.8 Å². The molecule has 0 aliphatic rings. The van der Waals surface area contributed by atoms with Gasteiger partial charge < -0.3 is 19.5 Å². The first kappa shape index (κ1) is 22.9. The molecule has 8 heteroatoms. The van der Waals surface area contributed by atoms with Crippen LogP contribution >= 0.6 is 22.9 Å². The van der Waals surface area contributed by atoms with E-state index in [1.807, 2.05) is 35.7 Å². The first-order valence-electron chi connectivity index (χ1n) is 9.62. The van der Waals surface area contributed by atoms with Crippen molar-refractivity contribution >= 4 is 34.5 Å². The van der Waals surface area contributed by atoms with E-state index in [2.05, 4.69) is 16.3 Å². The highest BCUT2D eigenvalue weighted by Crippen LogP contribution is 2.35. The van der Waals surface area contributed by atoms with Crippen molar-refractivity contribution in [3.05, 3.63) is 69.4 Å². The summed E-state index contributed by atoms with van der Waals surface area (Å²) >= 11 is 7.82. The number of hydrogen-bond acceptors (Lipinski definition) is 6. The fraction of sp³-hybridized carbons (Fsp3) is 0.261. The topological polar surface area (TPSA) is 60.0 Å². The number of benzene rings is 2. The number of methoxy groups -OCH3 is 3. The molecular weight excluding hydrogens is 436 g/mol. The second kappa shape index (κ2) is 11.0. The summed E-state index contributed by atoms with van der Waals surface area (Å²) in [7, 11) is 4.70. The molecule has 0 aliphatic heterocycles. The molecule has 2 aromatic carbocycles. The molecule has 31 heavy (non-hydrogen) atoms. The molecule has 6 nitrogen and oxygen atoms in total. The normalized spacial score (nSPS) is 10.7. The van der Waals surface area contributed by atoms with E-state index >= 15 is 0 Å². The second-order valence-electron chi connectivity index (χ2n) is 6.77. The maximum atomic E-state index is 12.9. The quantitative estimate of drug-likeness (QED) is 0.457. The molecule has 164 valence electrons. The van der Waals surface area contributed by atoms with Gasteiger partial charge in [0.15, 0.2) is 0 Å². The van der Waals surface area contributed by atoms with Gasteiger partial charge in [-0.3, -0.25) is 9.69 Å². The van der Waals surface area contributed by atoms with Crippen molar-refractivity contribution in [1.82, 2.24) is 4.90 Å². The molecule has 1 N–H and O–H groups in total. The van der Waals surface area contributed by atoms with Gasteiger partial charge >= 0.3 is 0 Å². The highest BCUT2D eigenvalue weighted by Gasteiger charge is 2.17. The summed E-state index contributed by atoms with van der Waals surface area (Å²) in [5.74, 6) is 1.55. The van der Waals surface area contributed by atoms with Gasteiger partial charge in [-0.15, -0.1) is 11.3 Å². The van der Waals surface area contributed by atoms with Gasteiger partial charge in [0.25, 0.3) is 0 Å². The average molecular weight is 461 g/mol. The van der Waals surface area contributed by atoms with Crippen molar-refractivity contribution in [2.24, 2.45) is 0 Å². The minimum Gasteiger partial charge on any atom is -0.496 e. The number of halogens is 1. The standard InChI is InChI=1S/C23H25ClN2O4S/c1-28-20-9-5-4-7-16(20)13-26(14-17-8-6-10-31-17)15-23(27)25-19-12-21(29-2)18(24)11-22(19)30-3/h4-12H,13-15H2,1-3H3,(H,25,27). The van der Waals surface area contributed by atoms with Gasteiger partial charge in [0.05, 0.1) is 38.6 Å². The monoisotopic (exact) mass is 460 g/mol. The number of para-hydroxylation sites is 1. The number of carbonyl (C=O) groups is 1. The summed E-state index contributed by atoms with van der Waals surface area (Å²) in [6.07, 6.45) is 0. The molecule has 0 aliphatic carbocycles. The summed E-state index contributed by atoms with van der Waals surface area (Å²) in [5.41, 5.74) is 1.52. The van der Waals surface area contributed by atoms with Crippen LogP contribution in [0.25, 0.3) is 0 Å². The summed E-state index contributed by atoms with van der Waals surface area (Å²) in [5, 5.41) is 5.36. The predicted octanol–water partition coefficient (Wildman–Crippen LogP) is 5.07. The number of thiophene rings is 1. The molecule has 0 saturated carbocycles. The maximum Gasteiger partial charge on any atom is 0.238 e. The number of nitrogens with zero attached hydrogens (tertiary/aromatic N) is 1. The number of nitrogens with one attached hydrogen (secondary N) is 1. The number of carbonyl (C=O) groups excluding carboxylic acids is 1. The van der Waals surface area contributed by atoms with Gasteiger partial charge in [0, 0.05) is 35.7 Å². The van der Waals surface area contributed by atoms with Crippen LogP contribution in [0.4, 0.5) is 5.69 Å². The molecule has 3 aromatic rings. The van der Waals surface area contributed by atoms with Crippen LogP contribution in [-0.4, -0.2) is 38.7 Å². The number of hydrogen-bond donors (Lipinski definition) is 1. The van der Waals surface area contributed by atoms with Crippen molar-refractivity contribution in [3.63, 3.8) is 0 Å². The third kappa shape index (κ3) is 6.13. The van der Waals surface area contributed by atoms with Gasteiger partial charge in [0.1, 0.15) is 17.2 Å². The van der Waals surface area contributed by atoms with Gasteiger partial charge in [0.2, 0.25) is 5.91 Å². The van der Waals surface area contributed by atoms with Crippen molar-refractivity contribution in [3.8, 4) is 17.2 Å². The zero-order valence-electron chi connectivity index (χ0n) is 17.7. The van der Waals surface area contributed by atoms with Crippen LogP contribution in [0.2, 0.25) is 5.02 Å². The largest absolute Gasteiger partial charge is 0.496 e. The van der Waals surface area contributed by atoms with Crippen molar-refractivity contribution < 1.29 is 19.0 Å². The lowest BCUT2D eigenvalue weighted by Gasteiger charge is -2.23. The molecule has 3 rings (SSSR count). The number of ether oxygens (including phenoxy) is 3. The number of rotatable bonds is 10. The highest BCUT2D eigenvalue weighted by molar-refractivity contribution is 7.09. The fourth-order valence-electron chi connectivity index (χ4n) is 3.22. The summed E-state index contributed by atoms with van der Waals surface area (Å²) in [6, 6.07) is 15.2. The van der Waals surface area contributed by atoms with E-state index in [0.29, 0.717) is 35.3 Å². The molecule has 0 spiro atoms. The SMILES string of the molecule is COc1cc(NC(=O)CN(Cc2cccs2)Cc2ccccc2OC)c(OC)cc1Cl. The minimum atomic E-state index is -0.172. The first-order valence-corrected chi connectivity index (χ1v) is 10.9. The molecular formula is C23H25ClN2O4S. The third-order valence-electron chi connectivity index (χ3n) is 4.66. The maximum absolute atomic E-state index is 12.9. The highest BCUT2D eigenvalue weighted by atomic mass is 35.5. The lowest BCUT2D eigenvalue weighted by Crippen LogP contribution is -2.32. The van der Waals surface area contributed by atoms with Crippen LogP contribution in [0, 0.1) is 0 Å². The minimum absolute atomic E-state index is 0.172. The molecule has 0 radical (unpaired) electrons. The fourth-order valence-corrected chi connectivity index (χ4v) is 4.19. The molecule has 1 amide bonds. The average Bonchev–Trinajstić information content (AvgIpc) is 3.28. The van der Waals surface area contributed by atoms with Gasteiger partial charge in [-0.05, 0) is 17.5 Å². The van der Waals surface area contributed by atoms with Crippen LogP contribution in [0.5, 0.6) is 17.2 Å². The van der Waals surface area contributed by atoms with Crippen LogP contribution < -0.4 is 19.5 Å². The first-order chi connectivity index (χ1) is 15.0. The molecule has 0 fully saturated rings. The summed E-state index contributed by atoms with van der Waals surface area (Å²) in [6.45, 7) is 1.39. The van der Waals surface area contributed by atoms with Crippen molar-refractivity contribution in [2.45, 2.75) is 13.1 Å². The zero-order chi connectivity index (χ0) is 22.2. The Hall–Kier alpha value is -2.74. The Bertz CT molecular complexity index is 1010. The molecule has 1 heterocycles. The Morgan fingerprint density at radius 3 is 2.39 bits per heavy atom. The predicted molar refractivity (Wildman–Crippen MR) is 125 cm³/mol. The van der Waals surface area contributed by atoms with Crippen LogP contribution in [-0.2, 0) is 17.9 Å². The Morgan fingerprint density at radius 1 is 0.968 bits per heavy atom. The second-order valence-corrected chi connectivity index (χ2v) is 8.21. The Balaban J connectivity index is 1.78. The third-order valence-corrected chi connectivity index (χ3v) is 5.82. The lowest BCUT2D eigenvalue weighted by atomic mass is 10.2. The summed E-state index contributed by atoms with van der Waals surface area (Å²) in [4.78, 5) is 16.2. The molecule has 0 unspecified atom stereocenters. The van der Waals surface area contributed by atoms with Crippen LogP contribution in [0.3, 0.4) is 0 Å². The van der Waals surface area contributed by atoms with E-state index in [1.165, 1.54) is 19.1 Å². The van der Waals surface area contributed by atoms with E-state index in [9.17, 15) is 4.79 Å². The Kier molecular flexibility index (Phi) is 8.17. The number of anilines is 1. The smallest absolute Gasteiger partial charge is 0.238 e. The van der Waals surface area contributed by atoms with E-state index in [0.717, 1.165) is 11.3 Å². The van der Waals surface area contributed by atoms with E-state index in [1.54, 1.807) is 30.6 Å². The van der Waals surface area contributed by atoms with Gasteiger partial charge in [-0.25, -0.2) is 0 Å². The van der Waals surface area contributed by atoms with Crippen molar-refractivity contribution in [2.75, 3.05) is 33.2 Å². The van der Waals surface area contributed by atoms with Crippen LogP contribution in [0.15, 0.2) is 53.9 Å². The molecule has 0 saturated heterocycles. The Morgan fingerprint density at radius 2 is 1.71 bits per heavy atom. The molecule has 0 bridgehead atoms. The zero-order valence-corrected chi connectivity index (χ0v) is 19.3.